The molecular weight excluding hydrogens is 464 g/mol. The van der Waals surface area contributed by atoms with Crippen LogP contribution in [0, 0.1) is 0 Å². The van der Waals surface area contributed by atoms with Crippen molar-refractivity contribution < 1.29 is 23.7 Å². The number of carbonyl (C=O) groups is 1. The predicted molar refractivity (Wildman–Crippen MR) is 138 cm³/mol. The summed E-state index contributed by atoms with van der Waals surface area (Å²) in [4.78, 5) is 12.6. The second kappa shape index (κ2) is 12.7. The summed E-state index contributed by atoms with van der Waals surface area (Å²) in [5, 5.41) is 5.91. The van der Waals surface area contributed by atoms with Gasteiger partial charge in [0.05, 0.1) is 6.10 Å². The van der Waals surface area contributed by atoms with Crippen molar-refractivity contribution in [3.63, 3.8) is 0 Å². The molecule has 0 radical (unpaired) electrons. The molecule has 4 rings (SSSR count). The fraction of sp³-hybridized carbons (Fsp3) is 0.259. The first-order chi connectivity index (χ1) is 17.2. The molecule has 0 bridgehead atoms. The number of hydrogen-bond donors (Lipinski definition) is 2. The normalized spacial score (nSPS) is 14.7. The maximum atomic E-state index is 12.6. The van der Waals surface area contributed by atoms with Crippen molar-refractivity contribution in [2.45, 2.75) is 18.9 Å². The van der Waals surface area contributed by atoms with E-state index in [2.05, 4.69) is 10.6 Å². The lowest BCUT2D eigenvalue weighted by Crippen LogP contribution is -2.34. The Morgan fingerprint density at radius 1 is 0.886 bits per heavy atom. The summed E-state index contributed by atoms with van der Waals surface area (Å²) in [5.74, 6) is 1.85. The molecular formula is C27H28N2O5S. The zero-order valence-electron chi connectivity index (χ0n) is 19.3. The SMILES string of the molecule is O=C(NC(=S)Nc1cccc(OCC2CCCO2)c1)c1ccc(OCCOc2ccccc2)cc1. The van der Waals surface area contributed by atoms with Crippen LogP contribution in [0.25, 0.3) is 0 Å². The van der Waals surface area contributed by atoms with Crippen LogP contribution in [0.3, 0.4) is 0 Å². The van der Waals surface area contributed by atoms with Crippen molar-refractivity contribution in [3.8, 4) is 17.2 Å². The molecule has 8 heteroatoms. The minimum Gasteiger partial charge on any atom is -0.491 e. The molecule has 0 aliphatic carbocycles. The van der Waals surface area contributed by atoms with Crippen LogP contribution in [0.15, 0.2) is 78.9 Å². The van der Waals surface area contributed by atoms with Gasteiger partial charge in [0.15, 0.2) is 5.11 Å². The fourth-order valence-corrected chi connectivity index (χ4v) is 3.72. The molecule has 1 unspecified atom stereocenters. The van der Waals surface area contributed by atoms with Gasteiger partial charge in [-0.25, -0.2) is 0 Å². The molecule has 182 valence electrons. The molecule has 0 saturated carbocycles. The van der Waals surface area contributed by atoms with E-state index in [1.165, 1.54) is 0 Å². The van der Waals surface area contributed by atoms with E-state index in [4.69, 9.17) is 31.2 Å². The van der Waals surface area contributed by atoms with E-state index in [9.17, 15) is 4.79 Å². The van der Waals surface area contributed by atoms with Crippen LogP contribution in [-0.2, 0) is 4.74 Å². The van der Waals surface area contributed by atoms with Gasteiger partial charge in [-0.3, -0.25) is 10.1 Å². The first kappa shape index (κ1) is 24.5. The zero-order chi connectivity index (χ0) is 24.3. The second-order valence-electron chi connectivity index (χ2n) is 7.92. The van der Waals surface area contributed by atoms with Crippen molar-refractivity contribution in [1.29, 1.82) is 0 Å². The molecule has 0 spiro atoms. The van der Waals surface area contributed by atoms with Crippen LogP contribution in [0.2, 0.25) is 0 Å². The van der Waals surface area contributed by atoms with E-state index >= 15 is 0 Å². The highest BCUT2D eigenvalue weighted by atomic mass is 32.1. The third-order valence-corrected chi connectivity index (χ3v) is 5.46. The Labute approximate surface area is 210 Å². The molecule has 1 saturated heterocycles. The molecule has 1 aliphatic heterocycles. The summed E-state index contributed by atoms with van der Waals surface area (Å²) in [7, 11) is 0. The number of benzene rings is 3. The van der Waals surface area contributed by atoms with Crippen molar-refractivity contribution in [3.05, 3.63) is 84.4 Å². The topological polar surface area (TPSA) is 78.1 Å². The van der Waals surface area contributed by atoms with Gasteiger partial charge in [-0.15, -0.1) is 0 Å². The lowest BCUT2D eigenvalue weighted by molar-refractivity contribution is 0.0680. The van der Waals surface area contributed by atoms with Crippen molar-refractivity contribution in [2.75, 3.05) is 31.7 Å². The number of nitrogens with one attached hydrogen (secondary N) is 2. The Hall–Kier alpha value is -3.62. The summed E-state index contributed by atoms with van der Waals surface area (Å²) in [6.07, 6.45) is 2.23. The average Bonchev–Trinajstić information content (AvgIpc) is 3.40. The highest BCUT2D eigenvalue weighted by molar-refractivity contribution is 7.80. The Morgan fingerprint density at radius 3 is 2.31 bits per heavy atom. The molecule has 1 aliphatic rings. The predicted octanol–water partition coefficient (Wildman–Crippen LogP) is 4.83. The van der Waals surface area contributed by atoms with Crippen LogP contribution in [-0.4, -0.2) is 43.6 Å². The van der Waals surface area contributed by atoms with E-state index in [1.807, 2.05) is 54.6 Å². The smallest absolute Gasteiger partial charge is 0.257 e. The van der Waals surface area contributed by atoms with Gasteiger partial charge in [0.25, 0.3) is 5.91 Å². The maximum Gasteiger partial charge on any atom is 0.257 e. The lowest BCUT2D eigenvalue weighted by atomic mass is 10.2. The van der Waals surface area contributed by atoms with Crippen LogP contribution in [0.4, 0.5) is 5.69 Å². The van der Waals surface area contributed by atoms with Gasteiger partial charge in [0.2, 0.25) is 0 Å². The first-order valence-corrected chi connectivity index (χ1v) is 11.9. The quantitative estimate of drug-likeness (QED) is 0.310. The average molecular weight is 493 g/mol. The molecule has 1 heterocycles. The van der Waals surface area contributed by atoms with E-state index in [1.54, 1.807) is 24.3 Å². The third-order valence-electron chi connectivity index (χ3n) is 5.26. The maximum absolute atomic E-state index is 12.6. The number of amides is 1. The lowest BCUT2D eigenvalue weighted by Gasteiger charge is -2.13. The van der Waals surface area contributed by atoms with E-state index < -0.39 is 0 Å². The summed E-state index contributed by atoms with van der Waals surface area (Å²) in [6.45, 7) is 2.13. The number of para-hydroxylation sites is 1. The minimum absolute atomic E-state index is 0.145. The van der Waals surface area contributed by atoms with Gasteiger partial charge in [0, 0.05) is 23.9 Å². The zero-order valence-corrected chi connectivity index (χ0v) is 20.1. The van der Waals surface area contributed by atoms with Crippen molar-refractivity contribution in [2.24, 2.45) is 0 Å². The number of rotatable bonds is 10. The van der Waals surface area contributed by atoms with Gasteiger partial charge < -0.3 is 24.3 Å². The number of hydrogen-bond acceptors (Lipinski definition) is 6. The summed E-state index contributed by atoms with van der Waals surface area (Å²) < 4.78 is 22.7. The van der Waals surface area contributed by atoms with Gasteiger partial charge >= 0.3 is 0 Å². The molecule has 2 N–H and O–H groups in total. The largest absolute Gasteiger partial charge is 0.491 e. The molecule has 3 aromatic carbocycles. The van der Waals surface area contributed by atoms with Crippen LogP contribution >= 0.6 is 12.2 Å². The van der Waals surface area contributed by atoms with Gasteiger partial charge in [-0.2, -0.15) is 0 Å². The molecule has 7 nitrogen and oxygen atoms in total. The Bertz CT molecular complexity index is 1100. The highest BCUT2D eigenvalue weighted by Gasteiger charge is 2.16. The number of anilines is 1. The summed E-state index contributed by atoms with van der Waals surface area (Å²) >= 11 is 5.30. The van der Waals surface area contributed by atoms with Crippen molar-refractivity contribution in [1.82, 2.24) is 5.32 Å². The monoisotopic (exact) mass is 492 g/mol. The number of ether oxygens (including phenoxy) is 4. The second-order valence-corrected chi connectivity index (χ2v) is 8.32. The minimum atomic E-state index is -0.313. The van der Waals surface area contributed by atoms with E-state index in [0.717, 1.165) is 30.9 Å². The van der Waals surface area contributed by atoms with Crippen LogP contribution < -0.4 is 24.8 Å². The Balaban J connectivity index is 1.19. The van der Waals surface area contributed by atoms with Gasteiger partial charge in [0.1, 0.15) is 37.1 Å². The van der Waals surface area contributed by atoms with E-state index in [0.29, 0.717) is 36.9 Å². The van der Waals surface area contributed by atoms with Gasteiger partial charge in [-0.05, 0) is 73.6 Å². The van der Waals surface area contributed by atoms with Crippen LogP contribution in [0.5, 0.6) is 17.2 Å². The summed E-state index contributed by atoms with van der Waals surface area (Å²) in [6, 6.07) is 23.8. The fourth-order valence-electron chi connectivity index (χ4n) is 3.50. The Kier molecular flexibility index (Phi) is 8.91. The molecule has 1 fully saturated rings. The van der Waals surface area contributed by atoms with E-state index in [-0.39, 0.29) is 17.1 Å². The third kappa shape index (κ3) is 7.98. The molecule has 35 heavy (non-hydrogen) atoms. The molecule has 3 aromatic rings. The molecule has 0 aromatic heterocycles. The molecule has 1 atom stereocenters. The first-order valence-electron chi connectivity index (χ1n) is 11.5. The van der Waals surface area contributed by atoms with Crippen LogP contribution in [0.1, 0.15) is 23.2 Å². The molecule has 1 amide bonds. The van der Waals surface area contributed by atoms with Crippen molar-refractivity contribution >= 4 is 28.9 Å². The van der Waals surface area contributed by atoms with Gasteiger partial charge in [-0.1, -0.05) is 24.3 Å². The Morgan fingerprint density at radius 2 is 1.60 bits per heavy atom. The summed E-state index contributed by atoms with van der Waals surface area (Å²) in [5.41, 5.74) is 1.19. The standard InChI is InChI=1S/C27H28N2O5S/c30-26(20-11-13-23(14-12-20)33-17-16-32-22-7-2-1-3-8-22)29-27(35)28-21-6-4-9-24(18-21)34-19-25-10-5-15-31-25/h1-4,6-9,11-14,18,25H,5,10,15-17,19H2,(H2,28,29,30,35). The number of carbonyl (C=O) groups excluding carboxylic acids is 1. The highest BCUT2D eigenvalue weighted by Crippen LogP contribution is 2.20. The number of thiocarbonyl (C=S) groups is 1.